The quantitative estimate of drug-likeness (QED) is 0.924. The number of carbonyl (C=O) groups excluding carboxylic acids is 1. The van der Waals surface area contributed by atoms with E-state index in [-0.39, 0.29) is 25.1 Å². The van der Waals surface area contributed by atoms with Gasteiger partial charge in [-0.05, 0) is 37.6 Å². The Kier molecular flexibility index (Phi) is 5.31. The summed E-state index contributed by atoms with van der Waals surface area (Å²) in [6, 6.07) is 5.72. The second-order valence-corrected chi connectivity index (χ2v) is 5.21. The average Bonchev–Trinajstić information content (AvgIpc) is 3.13. The van der Waals surface area contributed by atoms with Crippen molar-refractivity contribution in [2.45, 2.75) is 25.8 Å². The monoisotopic (exact) mass is 312 g/mol. The minimum atomic E-state index is 0. The van der Waals surface area contributed by atoms with Crippen molar-refractivity contribution in [3.8, 4) is 11.5 Å². The zero-order valence-corrected chi connectivity index (χ0v) is 12.9. The highest BCUT2D eigenvalue weighted by atomic mass is 35.5. The van der Waals surface area contributed by atoms with Crippen molar-refractivity contribution >= 4 is 18.3 Å². The van der Waals surface area contributed by atoms with E-state index >= 15 is 0 Å². The van der Waals surface area contributed by atoms with E-state index in [0.717, 1.165) is 32.5 Å². The fourth-order valence-electron chi connectivity index (χ4n) is 2.79. The number of halogens is 1. The first kappa shape index (κ1) is 15.9. The average molecular weight is 313 g/mol. The van der Waals surface area contributed by atoms with Crippen LogP contribution in [0.25, 0.3) is 0 Å². The molecule has 5 nitrogen and oxygen atoms in total. The number of hydrogen-bond donors (Lipinski definition) is 1. The molecule has 2 aliphatic rings. The number of nitrogens with zero attached hydrogens (tertiary/aromatic N) is 1. The maximum absolute atomic E-state index is 12.7. The SMILES string of the molecule is CCCN(C(=O)c1ccc2c(c1)OCO2)C1CCNC1.Cl. The van der Waals surface area contributed by atoms with Gasteiger partial charge in [-0.25, -0.2) is 0 Å². The summed E-state index contributed by atoms with van der Waals surface area (Å²) < 4.78 is 10.6. The number of nitrogens with one attached hydrogen (secondary N) is 1. The Labute approximate surface area is 131 Å². The predicted octanol–water partition coefficient (Wildman–Crippen LogP) is 2.05. The Bertz CT molecular complexity index is 504. The van der Waals surface area contributed by atoms with Gasteiger partial charge < -0.3 is 19.7 Å². The Morgan fingerprint density at radius 3 is 2.90 bits per heavy atom. The van der Waals surface area contributed by atoms with Crippen LogP contribution in [0.15, 0.2) is 18.2 Å². The molecule has 0 aliphatic carbocycles. The first-order valence-electron chi connectivity index (χ1n) is 7.21. The van der Waals surface area contributed by atoms with E-state index in [1.54, 1.807) is 6.07 Å². The van der Waals surface area contributed by atoms with E-state index in [9.17, 15) is 4.79 Å². The number of ether oxygens (including phenoxy) is 2. The summed E-state index contributed by atoms with van der Waals surface area (Å²) in [6.07, 6.45) is 1.99. The molecule has 21 heavy (non-hydrogen) atoms. The Morgan fingerprint density at radius 2 is 2.19 bits per heavy atom. The van der Waals surface area contributed by atoms with Crippen LogP contribution in [0.5, 0.6) is 11.5 Å². The van der Waals surface area contributed by atoms with Gasteiger partial charge >= 0.3 is 0 Å². The van der Waals surface area contributed by atoms with Crippen molar-refractivity contribution in [1.82, 2.24) is 10.2 Å². The first-order valence-corrected chi connectivity index (χ1v) is 7.21. The lowest BCUT2D eigenvalue weighted by Crippen LogP contribution is -2.42. The maximum atomic E-state index is 12.7. The van der Waals surface area contributed by atoms with Gasteiger partial charge in [-0.15, -0.1) is 12.4 Å². The van der Waals surface area contributed by atoms with Crippen molar-refractivity contribution < 1.29 is 14.3 Å². The van der Waals surface area contributed by atoms with Gasteiger partial charge in [0, 0.05) is 24.7 Å². The van der Waals surface area contributed by atoms with Gasteiger partial charge in [-0.3, -0.25) is 4.79 Å². The lowest BCUT2D eigenvalue weighted by molar-refractivity contribution is 0.0692. The molecule has 1 aromatic carbocycles. The molecule has 1 atom stereocenters. The number of benzene rings is 1. The van der Waals surface area contributed by atoms with Crippen molar-refractivity contribution in [3.05, 3.63) is 23.8 Å². The molecular formula is C15H21ClN2O3. The zero-order chi connectivity index (χ0) is 13.9. The van der Waals surface area contributed by atoms with Gasteiger partial charge in [0.1, 0.15) is 0 Å². The molecule has 0 radical (unpaired) electrons. The van der Waals surface area contributed by atoms with Crippen LogP contribution >= 0.6 is 12.4 Å². The van der Waals surface area contributed by atoms with Crippen molar-refractivity contribution in [3.63, 3.8) is 0 Å². The molecule has 0 saturated carbocycles. The van der Waals surface area contributed by atoms with E-state index in [1.165, 1.54) is 0 Å². The van der Waals surface area contributed by atoms with Crippen LogP contribution in [-0.2, 0) is 0 Å². The molecule has 0 spiro atoms. The molecule has 1 N–H and O–H groups in total. The first-order chi connectivity index (χ1) is 9.79. The Morgan fingerprint density at radius 1 is 1.38 bits per heavy atom. The third-order valence-electron chi connectivity index (χ3n) is 3.82. The molecule has 0 bridgehead atoms. The number of fused-ring (bicyclic) bond motifs is 1. The third-order valence-corrected chi connectivity index (χ3v) is 3.82. The van der Waals surface area contributed by atoms with Gasteiger partial charge in [0.05, 0.1) is 0 Å². The summed E-state index contributed by atoms with van der Waals surface area (Å²) in [5, 5.41) is 3.32. The molecular weight excluding hydrogens is 292 g/mol. The molecule has 6 heteroatoms. The summed E-state index contributed by atoms with van der Waals surface area (Å²) in [5.41, 5.74) is 0.676. The molecule has 1 fully saturated rings. The maximum Gasteiger partial charge on any atom is 0.254 e. The molecule has 3 rings (SSSR count). The number of rotatable bonds is 4. The topological polar surface area (TPSA) is 50.8 Å². The van der Waals surface area contributed by atoms with E-state index in [2.05, 4.69) is 12.2 Å². The number of carbonyl (C=O) groups is 1. The molecule has 2 heterocycles. The summed E-state index contributed by atoms with van der Waals surface area (Å²) in [7, 11) is 0. The van der Waals surface area contributed by atoms with Gasteiger partial charge in [0.25, 0.3) is 5.91 Å². The van der Waals surface area contributed by atoms with E-state index < -0.39 is 0 Å². The fourth-order valence-corrected chi connectivity index (χ4v) is 2.79. The van der Waals surface area contributed by atoms with Crippen LogP contribution < -0.4 is 14.8 Å². The predicted molar refractivity (Wildman–Crippen MR) is 82.4 cm³/mol. The summed E-state index contributed by atoms with van der Waals surface area (Å²) in [5.74, 6) is 1.46. The van der Waals surface area contributed by atoms with Gasteiger partial charge in [-0.2, -0.15) is 0 Å². The highest BCUT2D eigenvalue weighted by molar-refractivity contribution is 5.95. The van der Waals surface area contributed by atoms with E-state index in [4.69, 9.17) is 9.47 Å². The molecule has 1 amide bonds. The van der Waals surface area contributed by atoms with Crippen molar-refractivity contribution in [2.75, 3.05) is 26.4 Å². The Balaban J connectivity index is 0.00000161. The molecule has 116 valence electrons. The van der Waals surface area contributed by atoms with Crippen molar-refractivity contribution in [1.29, 1.82) is 0 Å². The highest BCUT2D eigenvalue weighted by Gasteiger charge is 2.27. The Hall–Kier alpha value is -1.46. The van der Waals surface area contributed by atoms with Gasteiger partial charge in [-0.1, -0.05) is 6.92 Å². The highest BCUT2D eigenvalue weighted by Crippen LogP contribution is 2.33. The summed E-state index contributed by atoms with van der Waals surface area (Å²) >= 11 is 0. The van der Waals surface area contributed by atoms with Crippen LogP contribution in [0.4, 0.5) is 0 Å². The summed E-state index contributed by atoms with van der Waals surface area (Å²) in [6.45, 7) is 5.00. The smallest absolute Gasteiger partial charge is 0.254 e. The lowest BCUT2D eigenvalue weighted by Gasteiger charge is -2.28. The van der Waals surface area contributed by atoms with E-state index in [1.807, 2.05) is 17.0 Å². The second kappa shape index (κ2) is 7.00. The van der Waals surface area contributed by atoms with Crippen LogP contribution in [0.2, 0.25) is 0 Å². The molecule has 0 aromatic heterocycles. The van der Waals surface area contributed by atoms with Crippen LogP contribution in [-0.4, -0.2) is 43.3 Å². The van der Waals surface area contributed by atoms with Gasteiger partial charge in [0.15, 0.2) is 11.5 Å². The molecule has 2 aliphatic heterocycles. The van der Waals surface area contributed by atoms with Crippen molar-refractivity contribution in [2.24, 2.45) is 0 Å². The second-order valence-electron chi connectivity index (χ2n) is 5.21. The van der Waals surface area contributed by atoms with Crippen LogP contribution in [0.1, 0.15) is 30.1 Å². The largest absolute Gasteiger partial charge is 0.454 e. The minimum Gasteiger partial charge on any atom is -0.454 e. The number of hydrogen-bond acceptors (Lipinski definition) is 4. The van der Waals surface area contributed by atoms with Crippen LogP contribution in [0.3, 0.4) is 0 Å². The van der Waals surface area contributed by atoms with Crippen LogP contribution in [0, 0.1) is 0 Å². The molecule has 1 aromatic rings. The van der Waals surface area contributed by atoms with Gasteiger partial charge in [0.2, 0.25) is 6.79 Å². The normalized spacial score (nSPS) is 19.2. The zero-order valence-electron chi connectivity index (χ0n) is 12.1. The summed E-state index contributed by atoms with van der Waals surface area (Å²) in [4.78, 5) is 14.7. The third kappa shape index (κ3) is 3.24. The lowest BCUT2D eigenvalue weighted by atomic mass is 10.1. The molecule has 1 unspecified atom stereocenters. The minimum absolute atomic E-state index is 0. The number of amides is 1. The standard InChI is InChI=1S/C15H20N2O3.ClH/c1-2-7-17(12-5-6-16-9-12)15(18)11-3-4-13-14(8-11)20-10-19-13;/h3-4,8,12,16H,2,5-7,9-10H2,1H3;1H. The van der Waals surface area contributed by atoms with E-state index in [0.29, 0.717) is 23.1 Å². The molecule has 1 saturated heterocycles. The fraction of sp³-hybridized carbons (Fsp3) is 0.533.